The number of pyridine rings is 1. The molecule has 0 fully saturated rings. The molecule has 2 aromatic heterocycles. The molecule has 0 saturated heterocycles. The maximum Gasteiger partial charge on any atom is 0.434 e. The summed E-state index contributed by atoms with van der Waals surface area (Å²) in [6.07, 6.45) is 2.89. The van der Waals surface area contributed by atoms with Gasteiger partial charge in [-0.2, -0.15) is 9.78 Å². The van der Waals surface area contributed by atoms with Crippen LogP contribution >= 0.6 is 0 Å². The zero-order valence-electron chi connectivity index (χ0n) is 12.7. The number of amides is 1. The Balaban J connectivity index is 2.04. The zero-order valence-corrected chi connectivity index (χ0v) is 12.7. The van der Waals surface area contributed by atoms with Crippen molar-refractivity contribution >= 4 is 17.8 Å². The van der Waals surface area contributed by atoms with E-state index in [9.17, 15) is 9.59 Å². The fraction of sp³-hybridized carbons (Fsp3) is 0.333. The largest absolute Gasteiger partial charge is 0.445 e. The van der Waals surface area contributed by atoms with Gasteiger partial charge in [-0.3, -0.25) is 4.79 Å². The van der Waals surface area contributed by atoms with Crippen LogP contribution in [0.4, 0.5) is 10.6 Å². The Morgan fingerprint density at radius 3 is 2.86 bits per heavy atom. The van der Waals surface area contributed by atoms with Crippen LogP contribution < -0.4 is 5.32 Å². The van der Waals surface area contributed by atoms with Gasteiger partial charge in [-0.15, -0.1) is 0 Å². The lowest BCUT2D eigenvalue weighted by Crippen LogP contribution is -2.21. The van der Waals surface area contributed by atoms with Gasteiger partial charge in [0.2, 0.25) is 0 Å². The van der Waals surface area contributed by atoms with Gasteiger partial charge in [-0.25, -0.2) is 9.78 Å². The Bertz CT molecular complexity index is 681. The molecule has 1 N–H and O–H groups in total. The molecule has 0 aliphatic carbocycles. The molecule has 0 aromatic carbocycles. The number of anilines is 1. The molecule has 0 spiro atoms. The maximum absolute atomic E-state index is 12.1. The second-order valence-electron chi connectivity index (χ2n) is 4.92. The van der Waals surface area contributed by atoms with E-state index in [4.69, 9.17) is 4.74 Å². The lowest BCUT2D eigenvalue weighted by atomic mass is 10.3. The van der Waals surface area contributed by atoms with Crippen LogP contribution in [0.2, 0.25) is 0 Å². The van der Waals surface area contributed by atoms with Gasteiger partial charge in [0.15, 0.2) is 5.69 Å². The standard InChI is InChI=1S/C15H18N4O3/c1-4-11(3)22-15(21)19-8-6-12(18-19)14(20)17-13-9-10(2)5-7-16-13/h5-9,11H,4H2,1-3H3,(H,16,17,20). The molecule has 7 nitrogen and oxygen atoms in total. The molecule has 116 valence electrons. The highest BCUT2D eigenvalue weighted by atomic mass is 16.6. The van der Waals surface area contributed by atoms with E-state index in [2.05, 4.69) is 15.4 Å². The van der Waals surface area contributed by atoms with Gasteiger partial charge in [0.25, 0.3) is 5.91 Å². The summed E-state index contributed by atoms with van der Waals surface area (Å²) < 4.78 is 6.13. The smallest absolute Gasteiger partial charge is 0.434 e. The summed E-state index contributed by atoms with van der Waals surface area (Å²) in [5.74, 6) is -0.00470. The van der Waals surface area contributed by atoms with E-state index in [1.165, 1.54) is 12.3 Å². The van der Waals surface area contributed by atoms with E-state index in [1.54, 1.807) is 19.2 Å². The number of nitrogens with zero attached hydrogens (tertiary/aromatic N) is 3. The Morgan fingerprint density at radius 2 is 2.18 bits per heavy atom. The third kappa shape index (κ3) is 3.91. The van der Waals surface area contributed by atoms with Crippen molar-refractivity contribution in [2.75, 3.05) is 5.32 Å². The van der Waals surface area contributed by atoms with Crippen LogP contribution in [0.15, 0.2) is 30.6 Å². The molecule has 0 bridgehead atoms. The van der Waals surface area contributed by atoms with Gasteiger partial charge in [0, 0.05) is 12.4 Å². The number of aryl methyl sites for hydroxylation is 1. The van der Waals surface area contributed by atoms with Crippen LogP contribution in [0.25, 0.3) is 0 Å². The van der Waals surface area contributed by atoms with Crippen LogP contribution in [0.3, 0.4) is 0 Å². The summed E-state index contributed by atoms with van der Waals surface area (Å²) >= 11 is 0. The monoisotopic (exact) mass is 302 g/mol. The van der Waals surface area contributed by atoms with Crippen molar-refractivity contribution in [3.05, 3.63) is 41.9 Å². The van der Waals surface area contributed by atoms with Crippen LogP contribution in [0, 0.1) is 6.92 Å². The number of rotatable bonds is 4. The predicted octanol–water partition coefficient (Wildman–Crippen LogP) is 2.62. The average molecular weight is 302 g/mol. The van der Waals surface area contributed by atoms with Crippen molar-refractivity contribution in [2.45, 2.75) is 33.3 Å². The highest BCUT2D eigenvalue weighted by Gasteiger charge is 2.15. The van der Waals surface area contributed by atoms with Gasteiger partial charge >= 0.3 is 6.09 Å². The summed E-state index contributed by atoms with van der Waals surface area (Å²) in [4.78, 5) is 27.9. The second kappa shape index (κ2) is 6.84. The van der Waals surface area contributed by atoms with Crippen molar-refractivity contribution in [1.82, 2.24) is 14.8 Å². The molecule has 0 radical (unpaired) electrons. The minimum Gasteiger partial charge on any atom is -0.445 e. The van der Waals surface area contributed by atoms with Crippen LogP contribution in [-0.4, -0.2) is 32.9 Å². The fourth-order valence-corrected chi connectivity index (χ4v) is 1.64. The lowest BCUT2D eigenvalue weighted by molar-refractivity contribution is 0.101. The summed E-state index contributed by atoms with van der Waals surface area (Å²) in [6, 6.07) is 5.02. The highest BCUT2D eigenvalue weighted by molar-refractivity contribution is 6.02. The summed E-state index contributed by atoms with van der Waals surface area (Å²) in [5, 5.41) is 6.54. The minimum atomic E-state index is -0.609. The molecule has 1 amide bonds. The van der Waals surface area contributed by atoms with E-state index >= 15 is 0 Å². The molecular weight excluding hydrogens is 284 g/mol. The molecular formula is C15H18N4O3. The van der Waals surface area contributed by atoms with E-state index in [0.717, 1.165) is 10.2 Å². The van der Waals surface area contributed by atoms with Crippen LogP contribution in [-0.2, 0) is 4.74 Å². The number of aromatic nitrogens is 3. The van der Waals surface area contributed by atoms with Gasteiger partial charge in [0.1, 0.15) is 11.9 Å². The average Bonchev–Trinajstić information content (AvgIpc) is 2.97. The summed E-state index contributed by atoms with van der Waals surface area (Å²) in [7, 11) is 0. The topological polar surface area (TPSA) is 86.1 Å². The number of ether oxygens (including phenoxy) is 1. The first-order valence-corrected chi connectivity index (χ1v) is 7.00. The molecule has 2 aromatic rings. The van der Waals surface area contributed by atoms with Gasteiger partial charge in [-0.1, -0.05) is 6.92 Å². The quantitative estimate of drug-likeness (QED) is 0.938. The molecule has 2 heterocycles. The SMILES string of the molecule is CCC(C)OC(=O)n1ccc(C(=O)Nc2cc(C)ccn2)n1. The predicted molar refractivity (Wildman–Crippen MR) is 80.8 cm³/mol. The van der Waals surface area contributed by atoms with Crippen molar-refractivity contribution < 1.29 is 14.3 Å². The minimum absolute atomic E-state index is 0.115. The first-order valence-electron chi connectivity index (χ1n) is 7.00. The van der Waals surface area contributed by atoms with Crippen molar-refractivity contribution in [1.29, 1.82) is 0 Å². The van der Waals surface area contributed by atoms with E-state index < -0.39 is 12.0 Å². The Morgan fingerprint density at radius 1 is 1.41 bits per heavy atom. The molecule has 1 atom stereocenters. The Labute approximate surface area is 128 Å². The van der Waals surface area contributed by atoms with Crippen molar-refractivity contribution in [3.8, 4) is 0 Å². The third-order valence-corrected chi connectivity index (χ3v) is 3.04. The second-order valence-corrected chi connectivity index (χ2v) is 4.92. The third-order valence-electron chi connectivity index (χ3n) is 3.04. The number of hydrogen-bond donors (Lipinski definition) is 1. The normalized spacial score (nSPS) is 11.8. The maximum atomic E-state index is 12.1. The van der Waals surface area contributed by atoms with Gasteiger partial charge < -0.3 is 10.1 Å². The molecule has 1 unspecified atom stereocenters. The van der Waals surface area contributed by atoms with Crippen LogP contribution in [0.5, 0.6) is 0 Å². The zero-order chi connectivity index (χ0) is 16.1. The number of carbonyl (C=O) groups is 2. The molecule has 0 saturated carbocycles. The number of nitrogens with one attached hydrogen (secondary N) is 1. The molecule has 0 aliphatic rings. The van der Waals surface area contributed by atoms with Crippen molar-refractivity contribution in [3.63, 3.8) is 0 Å². The molecule has 7 heteroatoms. The Kier molecular flexibility index (Phi) is 4.88. The fourth-order valence-electron chi connectivity index (χ4n) is 1.64. The van der Waals surface area contributed by atoms with E-state index in [0.29, 0.717) is 12.2 Å². The van der Waals surface area contributed by atoms with Gasteiger partial charge in [0.05, 0.1) is 0 Å². The lowest BCUT2D eigenvalue weighted by Gasteiger charge is -2.09. The first-order chi connectivity index (χ1) is 10.5. The first kappa shape index (κ1) is 15.7. The molecule has 2 rings (SSSR count). The Hall–Kier alpha value is -2.70. The number of carbonyl (C=O) groups excluding carboxylic acids is 2. The van der Waals surface area contributed by atoms with Gasteiger partial charge in [-0.05, 0) is 44.0 Å². The molecule has 22 heavy (non-hydrogen) atoms. The number of hydrogen-bond acceptors (Lipinski definition) is 5. The summed E-state index contributed by atoms with van der Waals surface area (Å²) in [5.41, 5.74) is 1.09. The van der Waals surface area contributed by atoms with E-state index in [1.807, 2.05) is 19.9 Å². The molecule has 0 aliphatic heterocycles. The van der Waals surface area contributed by atoms with Crippen LogP contribution in [0.1, 0.15) is 36.3 Å². The highest BCUT2D eigenvalue weighted by Crippen LogP contribution is 2.08. The van der Waals surface area contributed by atoms with E-state index in [-0.39, 0.29) is 11.8 Å². The summed E-state index contributed by atoms with van der Waals surface area (Å²) in [6.45, 7) is 5.60. The van der Waals surface area contributed by atoms with Crippen molar-refractivity contribution in [2.24, 2.45) is 0 Å².